The molecular weight excluding hydrogens is 347 g/mol. The minimum absolute atomic E-state index is 0.395. The van der Waals surface area contributed by atoms with E-state index in [1.165, 1.54) is 12.4 Å². The smallest absolute Gasteiger partial charge is 0.147 e. The van der Waals surface area contributed by atoms with E-state index in [0.717, 1.165) is 0 Å². The molecule has 0 unspecified atom stereocenters. The Labute approximate surface area is 150 Å². The molecule has 0 fully saturated rings. The van der Waals surface area contributed by atoms with Crippen molar-refractivity contribution in [1.82, 2.24) is 9.97 Å². The monoisotopic (exact) mass is 360 g/mol. The molecule has 1 N–H and O–H groups in total. The van der Waals surface area contributed by atoms with Crippen LogP contribution < -0.4 is 10.2 Å². The minimum atomic E-state index is 0.395. The summed E-state index contributed by atoms with van der Waals surface area (Å²) in [7, 11) is 0. The van der Waals surface area contributed by atoms with E-state index in [9.17, 15) is 0 Å². The van der Waals surface area contributed by atoms with Crippen molar-refractivity contribution < 1.29 is 0 Å². The number of pyridine rings is 2. The Balaban J connectivity index is 2.02. The molecule has 0 atom stereocenters. The van der Waals surface area contributed by atoms with Crippen LogP contribution in [-0.2, 0) is 0 Å². The first-order valence-corrected chi connectivity index (χ1v) is 7.94. The maximum absolute atomic E-state index is 8.87. The van der Waals surface area contributed by atoms with Crippen LogP contribution in [0.25, 0.3) is 0 Å². The molecule has 0 aromatic carbocycles. The highest BCUT2D eigenvalue weighted by Crippen LogP contribution is 2.24. The zero-order valence-electron chi connectivity index (χ0n) is 12.9. The summed E-state index contributed by atoms with van der Waals surface area (Å²) >= 11 is 12.3. The lowest BCUT2D eigenvalue weighted by Gasteiger charge is -2.23. The van der Waals surface area contributed by atoms with E-state index in [1.807, 2.05) is 24.0 Å². The second-order valence-electron chi connectivity index (χ2n) is 4.81. The number of hydrogen-bond donors (Lipinski definition) is 1. The first-order valence-electron chi connectivity index (χ1n) is 7.19. The number of nitrogens with one attached hydrogen (secondary N) is 1. The molecule has 2 aromatic rings. The zero-order valence-corrected chi connectivity index (χ0v) is 14.4. The van der Waals surface area contributed by atoms with Gasteiger partial charge in [0.1, 0.15) is 23.8 Å². The van der Waals surface area contributed by atoms with Crippen molar-refractivity contribution >= 4 is 34.8 Å². The van der Waals surface area contributed by atoms with Gasteiger partial charge in [0.05, 0.1) is 21.2 Å². The first-order chi connectivity index (χ1) is 11.6. The molecule has 0 spiro atoms. The van der Waals surface area contributed by atoms with E-state index >= 15 is 0 Å². The number of likely N-dealkylation sites (N-methyl/N-ethyl adjacent to an activating group) is 1. The Morgan fingerprint density at radius 2 is 1.71 bits per heavy atom. The highest BCUT2D eigenvalue weighted by atomic mass is 35.5. The van der Waals surface area contributed by atoms with Gasteiger partial charge in [0, 0.05) is 32.0 Å². The Kier molecular flexibility index (Phi) is 6.20. The third-order valence-electron chi connectivity index (χ3n) is 3.28. The molecule has 2 heterocycles. The maximum atomic E-state index is 8.87. The van der Waals surface area contributed by atoms with Gasteiger partial charge in [-0.1, -0.05) is 23.2 Å². The average molecular weight is 361 g/mol. The molecule has 6 nitrogen and oxygen atoms in total. The molecule has 122 valence electrons. The van der Waals surface area contributed by atoms with E-state index in [0.29, 0.717) is 52.4 Å². The van der Waals surface area contributed by atoms with E-state index in [-0.39, 0.29) is 0 Å². The zero-order chi connectivity index (χ0) is 17.5. The van der Waals surface area contributed by atoms with Gasteiger partial charge in [-0.2, -0.15) is 10.5 Å². The second-order valence-corrected chi connectivity index (χ2v) is 5.63. The fourth-order valence-electron chi connectivity index (χ4n) is 2.08. The van der Waals surface area contributed by atoms with Crippen molar-refractivity contribution in [3.63, 3.8) is 0 Å². The fraction of sp³-hybridized carbons (Fsp3) is 0.250. The molecule has 0 radical (unpaired) electrons. The van der Waals surface area contributed by atoms with Gasteiger partial charge in [0.15, 0.2) is 0 Å². The van der Waals surface area contributed by atoms with Crippen LogP contribution in [0.1, 0.15) is 18.1 Å². The van der Waals surface area contributed by atoms with Gasteiger partial charge in [-0.3, -0.25) is 0 Å². The van der Waals surface area contributed by atoms with Crippen LogP contribution in [0.15, 0.2) is 24.5 Å². The van der Waals surface area contributed by atoms with Crippen LogP contribution in [0.4, 0.5) is 11.6 Å². The van der Waals surface area contributed by atoms with Crippen molar-refractivity contribution in [2.45, 2.75) is 6.92 Å². The summed E-state index contributed by atoms with van der Waals surface area (Å²) in [6, 6.07) is 7.15. The molecule has 0 saturated heterocycles. The van der Waals surface area contributed by atoms with Gasteiger partial charge < -0.3 is 10.2 Å². The number of aromatic nitrogens is 2. The molecular formula is C16H14Cl2N6. The van der Waals surface area contributed by atoms with Crippen molar-refractivity contribution in [2.75, 3.05) is 29.9 Å². The van der Waals surface area contributed by atoms with Gasteiger partial charge in [0.25, 0.3) is 0 Å². The van der Waals surface area contributed by atoms with Gasteiger partial charge in [-0.05, 0) is 19.1 Å². The van der Waals surface area contributed by atoms with Crippen LogP contribution in [0.5, 0.6) is 0 Å². The third-order valence-corrected chi connectivity index (χ3v) is 3.84. The molecule has 0 saturated carbocycles. The van der Waals surface area contributed by atoms with Gasteiger partial charge in [0.2, 0.25) is 0 Å². The summed E-state index contributed by atoms with van der Waals surface area (Å²) in [5.41, 5.74) is 0.834. The lowest BCUT2D eigenvalue weighted by molar-refractivity contribution is 0.816. The molecule has 0 aliphatic rings. The second kappa shape index (κ2) is 8.35. The molecule has 8 heteroatoms. The molecule has 0 aliphatic heterocycles. The lowest BCUT2D eigenvalue weighted by Crippen LogP contribution is -2.30. The van der Waals surface area contributed by atoms with Crippen molar-refractivity contribution in [1.29, 1.82) is 10.5 Å². The summed E-state index contributed by atoms with van der Waals surface area (Å²) < 4.78 is 0. The van der Waals surface area contributed by atoms with Gasteiger partial charge >= 0.3 is 0 Å². The number of hydrogen-bond acceptors (Lipinski definition) is 6. The largest absolute Gasteiger partial charge is 0.367 e. The van der Waals surface area contributed by atoms with Crippen LogP contribution in [0.2, 0.25) is 10.0 Å². The van der Waals surface area contributed by atoms with Crippen LogP contribution in [0.3, 0.4) is 0 Å². The summed E-state index contributed by atoms with van der Waals surface area (Å²) in [5, 5.41) is 21.6. The maximum Gasteiger partial charge on any atom is 0.147 e. The Hall–Kier alpha value is -2.54. The van der Waals surface area contributed by atoms with E-state index in [2.05, 4.69) is 15.3 Å². The van der Waals surface area contributed by atoms with E-state index < -0.39 is 0 Å². The number of anilines is 2. The lowest BCUT2D eigenvalue weighted by atomic mass is 10.3. The standard InChI is InChI=1S/C16H14Cl2N6/c1-2-24(16-14(18)6-12(8-20)10-23-16)4-3-21-15-13(17)5-11(7-19)9-22-15/h5-6,9-10H,2-4H2,1H3,(H,21,22). The Morgan fingerprint density at radius 1 is 1.08 bits per heavy atom. The quantitative estimate of drug-likeness (QED) is 0.848. The highest BCUT2D eigenvalue weighted by molar-refractivity contribution is 6.33. The number of halogens is 2. The van der Waals surface area contributed by atoms with E-state index in [1.54, 1.807) is 12.1 Å². The summed E-state index contributed by atoms with van der Waals surface area (Å²) in [5.74, 6) is 1.14. The van der Waals surface area contributed by atoms with E-state index in [4.69, 9.17) is 33.7 Å². The summed E-state index contributed by atoms with van der Waals surface area (Å²) in [4.78, 5) is 10.4. The highest BCUT2D eigenvalue weighted by Gasteiger charge is 2.11. The number of nitrogens with zero attached hydrogens (tertiary/aromatic N) is 5. The molecule has 24 heavy (non-hydrogen) atoms. The topological polar surface area (TPSA) is 88.6 Å². The predicted molar refractivity (Wildman–Crippen MR) is 94.3 cm³/mol. The van der Waals surface area contributed by atoms with Crippen LogP contribution in [0, 0.1) is 22.7 Å². The average Bonchev–Trinajstić information content (AvgIpc) is 2.60. The summed E-state index contributed by atoms with van der Waals surface area (Å²) in [6.45, 7) is 3.87. The van der Waals surface area contributed by atoms with Crippen molar-refractivity contribution in [2.24, 2.45) is 0 Å². The van der Waals surface area contributed by atoms with Crippen molar-refractivity contribution in [3.8, 4) is 12.1 Å². The molecule has 0 bridgehead atoms. The normalized spacial score (nSPS) is 9.88. The van der Waals surface area contributed by atoms with Crippen molar-refractivity contribution in [3.05, 3.63) is 45.7 Å². The van der Waals surface area contributed by atoms with Crippen LogP contribution >= 0.6 is 23.2 Å². The number of rotatable bonds is 6. The first kappa shape index (κ1) is 17.8. The SMILES string of the molecule is CCN(CCNc1ncc(C#N)cc1Cl)c1ncc(C#N)cc1Cl. The molecule has 0 aliphatic carbocycles. The Bertz CT molecular complexity index is 809. The summed E-state index contributed by atoms with van der Waals surface area (Å²) in [6.07, 6.45) is 2.96. The minimum Gasteiger partial charge on any atom is -0.367 e. The van der Waals surface area contributed by atoms with Crippen LogP contribution in [-0.4, -0.2) is 29.6 Å². The van der Waals surface area contributed by atoms with Gasteiger partial charge in [-0.15, -0.1) is 0 Å². The predicted octanol–water partition coefficient (Wildman–Crippen LogP) is 3.47. The molecule has 2 rings (SSSR count). The number of nitriles is 2. The van der Waals surface area contributed by atoms with Gasteiger partial charge in [-0.25, -0.2) is 9.97 Å². The fourth-order valence-corrected chi connectivity index (χ4v) is 2.60. The third kappa shape index (κ3) is 4.26. The Morgan fingerprint density at radius 3 is 2.25 bits per heavy atom. The molecule has 0 amide bonds. The molecule has 2 aromatic heterocycles.